The highest BCUT2D eigenvalue weighted by molar-refractivity contribution is 7.98. The van der Waals surface area contributed by atoms with E-state index in [0.29, 0.717) is 23.3 Å². The first kappa shape index (κ1) is 15.2. The predicted octanol–water partition coefficient (Wildman–Crippen LogP) is 3.91. The van der Waals surface area contributed by atoms with Crippen LogP contribution in [0.5, 0.6) is 0 Å². The molecule has 0 atom stereocenters. The predicted molar refractivity (Wildman–Crippen MR) is 82.1 cm³/mol. The van der Waals surface area contributed by atoms with E-state index in [1.165, 1.54) is 24.2 Å². The summed E-state index contributed by atoms with van der Waals surface area (Å²) in [5.74, 6) is 1.44. The summed E-state index contributed by atoms with van der Waals surface area (Å²) in [5.41, 5.74) is 0. The first-order chi connectivity index (χ1) is 10.7. The molecule has 0 radical (unpaired) electrons. The van der Waals surface area contributed by atoms with Gasteiger partial charge in [0.1, 0.15) is 5.82 Å². The average molecular weight is 341 g/mol. The quantitative estimate of drug-likeness (QED) is 0.638. The van der Waals surface area contributed by atoms with Crippen LogP contribution in [0.3, 0.4) is 0 Å². The normalized spacial score (nSPS) is 11.5. The summed E-state index contributed by atoms with van der Waals surface area (Å²) < 4.78 is 28.4. The number of nitrogens with zero attached hydrogens (tertiary/aromatic N) is 5. The van der Waals surface area contributed by atoms with Crippen molar-refractivity contribution in [2.24, 2.45) is 0 Å². The molecule has 3 heterocycles. The summed E-state index contributed by atoms with van der Waals surface area (Å²) in [6.45, 7) is 0.139. The molecule has 3 aromatic heterocycles. The van der Waals surface area contributed by atoms with Gasteiger partial charge in [0.05, 0.1) is 10.6 Å². The largest absolute Gasteiger partial charge is 0.319 e. The molecule has 0 saturated heterocycles. The van der Waals surface area contributed by atoms with Crippen molar-refractivity contribution in [2.75, 3.05) is 0 Å². The van der Waals surface area contributed by atoms with Crippen LogP contribution in [0.15, 0.2) is 35.1 Å². The van der Waals surface area contributed by atoms with Gasteiger partial charge in [-0.15, -0.1) is 21.5 Å². The van der Waals surface area contributed by atoms with Crippen molar-refractivity contribution in [2.45, 2.75) is 30.9 Å². The molecule has 0 N–H and O–H groups in total. The number of rotatable bonds is 6. The third-order valence-corrected chi connectivity index (χ3v) is 4.89. The molecule has 0 fully saturated rings. The number of hydrogen-bond acceptors (Lipinski definition) is 5. The van der Waals surface area contributed by atoms with Crippen LogP contribution in [0.4, 0.5) is 8.78 Å². The van der Waals surface area contributed by atoms with Gasteiger partial charge in [0.2, 0.25) is 0 Å². The molecule has 3 aromatic rings. The van der Waals surface area contributed by atoms with E-state index < -0.39 is 6.55 Å². The Bertz CT molecular complexity index is 736. The minimum absolute atomic E-state index is 0.319. The number of thioether (sulfide) groups is 1. The van der Waals surface area contributed by atoms with Gasteiger partial charge in [-0.2, -0.15) is 8.78 Å². The third-order valence-electron chi connectivity index (χ3n) is 3.06. The Balaban J connectivity index is 1.80. The van der Waals surface area contributed by atoms with Gasteiger partial charge in [-0.1, -0.05) is 17.8 Å². The molecule has 9 heteroatoms. The summed E-state index contributed by atoms with van der Waals surface area (Å²) >= 11 is 2.95. The van der Waals surface area contributed by atoms with Gasteiger partial charge < -0.3 is 4.57 Å². The first-order valence-corrected chi connectivity index (χ1v) is 8.47. The van der Waals surface area contributed by atoms with Crippen LogP contribution >= 0.6 is 23.1 Å². The molecule has 0 amide bonds. The fraction of sp³-hybridized carbons (Fsp3) is 0.308. The van der Waals surface area contributed by atoms with Gasteiger partial charge >= 0.3 is 6.55 Å². The molecule has 5 nitrogen and oxygen atoms in total. The highest BCUT2D eigenvalue weighted by atomic mass is 32.2. The molecule has 0 unspecified atom stereocenters. The Labute approximate surface area is 134 Å². The molecule has 22 heavy (non-hydrogen) atoms. The maximum atomic E-state index is 12.8. The highest BCUT2D eigenvalue weighted by Crippen LogP contribution is 2.29. The summed E-state index contributed by atoms with van der Waals surface area (Å²) in [6.07, 6.45) is 2.66. The molecule has 0 aliphatic heterocycles. The van der Waals surface area contributed by atoms with Crippen LogP contribution in [0.2, 0.25) is 0 Å². The van der Waals surface area contributed by atoms with Crippen molar-refractivity contribution < 1.29 is 8.78 Å². The Hall–Kier alpha value is -1.74. The van der Waals surface area contributed by atoms with Crippen molar-refractivity contribution >= 4 is 23.1 Å². The maximum Gasteiger partial charge on any atom is 0.319 e. The Morgan fingerprint density at radius 1 is 1.36 bits per heavy atom. The Morgan fingerprint density at radius 2 is 2.23 bits per heavy atom. The van der Waals surface area contributed by atoms with E-state index >= 15 is 0 Å². The maximum absolute atomic E-state index is 12.8. The first-order valence-electron chi connectivity index (χ1n) is 6.60. The smallest absolute Gasteiger partial charge is 0.302 e. The lowest BCUT2D eigenvalue weighted by molar-refractivity contribution is 0.0678. The highest BCUT2D eigenvalue weighted by Gasteiger charge is 2.16. The van der Waals surface area contributed by atoms with Gasteiger partial charge in [-0.3, -0.25) is 4.57 Å². The number of thiophene rings is 1. The number of alkyl halides is 2. The Morgan fingerprint density at radius 3 is 2.91 bits per heavy atom. The lowest BCUT2D eigenvalue weighted by Crippen LogP contribution is -2.03. The Kier molecular flexibility index (Phi) is 4.53. The van der Waals surface area contributed by atoms with Gasteiger partial charge in [0.15, 0.2) is 11.0 Å². The van der Waals surface area contributed by atoms with Gasteiger partial charge in [-0.25, -0.2) is 4.98 Å². The van der Waals surface area contributed by atoms with Crippen molar-refractivity contribution in [3.8, 4) is 10.7 Å². The molecule has 3 rings (SSSR count). The zero-order chi connectivity index (χ0) is 15.5. The molecule has 0 spiro atoms. The molecular formula is C13H13F2N5S2. The minimum Gasteiger partial charge on any atom is -0.302 e. The van der Waals surface area contributed by atoms with Crippen molar-refractivity contribution in [3.63, 3.8) is 0 Å². The number of aromatic nitrogens is 5. The molecular weight excluding hydrogens is 328 g/mol. The van der Waals surface area contributed by atoms with E-state index in [1.807, 2.05) is 29.0 Å². The van der Waals surface area contributed by atoms with Crippen LogP contribution in [0, 0.1) is 0 Å². The SMILES string of the molecule is CCn1c(SCc2nccn2C(F)F)nnc1-c1cccs1. The zero-order valence-corrected chi connectivity index (χ0v) is 13.3. The molecule has 0 bridgehead atoms. The summed E-state index contributed by atoms with van der Waals surface area (Å²) in [6, 6.07) is 3.94. The molecule has 0 aliphatic carbocycles. The standard InChI is InChI=1S/C13H13F2N5S2/c1-2-19-11(9-4-3-7-21-9)17-18-13(19)22-8-10-16-5-6-20(10)12(14)15/h3-7,12H,2,8H2,1H3. The van der Waals surface area contributed by atoms with Crippen molar-refractivity contribution in [1.82, 2.24) is 24.3 Å². The number of hydrogen-bond donors (Lipinski definition) is 0. The minimum atomic E-state index is -2.58. The van der Waals surface area contributed by atoms with E-state index in [9.17, 15) is 8.78 Å². The second-order valence-corrected chi connectivity index (χ2v) is 6.24. The van der Waals surface area contributed by atoms with Crippen molar-refractivity contribution in [1.29, 1.82) is 0 Å². The summed E-state index contributed by atoms with van der Waals surface area (Å²) in [7, 11) is 0. The fourth-order valence-corrected chi connectivity index (χ4v) is 3.70. The summed E-state index contributed by atoms with van der Waals surface area (Å²) in [5, 5.41) is 11.1. The lowest BCUT2D eigenvalue weighted by Gasteiger charge is -2.07. The number of halogens is 2. The van der Waals surface area contributed by atoms with Crippen LogP contribution < -0.4 is 0 Å². The van der Waals surface area contributed by atoms with E-state index in [4.69, 9.17) is 0 Å². The van der Waals surface area contributed by atoms with E-state index in [0.717, 1.165) is 15.3 Å². The second kappa shape index (κ2) is 6.57. The zero-order valence-electron chi connectivity index (χ0n) is 11.7. The van der Waals surface area contributed by atoms with Gasteiger partial charge in [0.25, 0.3) is 0 Å². The van der Waals surface area contributed by atoms with Gasteiger partial charge in [-0.05, 0) is 18.4 Å². The molecule has 0 aliphatic rings. The summed E-state index contributed by atoms with van der Waals surface area (Å²) in [4.78, 5) is 5.01. The van der Waals surface area contributed by atoms with Crippen LogP contribution in [-0.4, -0.2) is 24.3 Å². The van der Waals surface area contributed by atoms with E-state index in [2.05, 4.69) is 15.2 Å². The monoisotopic (exact) mass is 341 g/mol. The van der Waals surface area contributed by atoms with Crippen LogP contribution in [-0.2, 0) is 12.3 Å². The van der Waals surface area contributed by atoms with Crippen molar-refractivity contribution in [3.05, 3.63) is 35.7 Å². The third kappa shape index (κ3) is 2.91. The topological polar surface area (TPSA) is 48.5 Å². The second-order valence-electron chi connectivity index (χ2n) is 4.34. The fourth-order valence-electron chi connectivity index (χ4n) is 2.03. The average Bonchev–Trinajstić information content (AvgIpc) is 3.23. The van der Waals surface area contributed by atoms with Gasteiger partial charge in [0, 0.05) is 18.9 Å². The van der Waals surface area contributed by atoms with E-state index in [1.54, 1.807) is 11.3 Å². The van der Waals surface area contributed by atoms with E-state index in [-0.39, 0.29) is 0 Å². The molecule has 116 valence electrons. The molecule has 0 aromatic carbocycles. The lowest BCUT2D eigenvalue weighted by atomic mass is 10.4. The van der Waals surface area contributed by atoms with Crippen LogP contribution in [0.1, 0.15) is 19.3 Å². The van der Waals surface area contributed by atoms with Crippen LogP contribution in [0.25, 0.3) is 10.7 Å². The molecule has 0 saturated carbocycles. The number of imidazole rings is 1.